The van der Waals surface area contributed by atoms with Crippen LogP contribution in [0.1, 0.15) is 51.4 Å². The zero-order valence-electron chi connectivity index (χ0n) is 23.5. The summed E-state index contributed by atoms with van der Waals surface area (Å²) in [6, 6.07) is 6.56. The normalized spacial score (nSPS) is 26.5. The lowest BCUT2D eigenvalue weighted by Gasteiger charge is -2.25. The summed E-state index contributed by atoms with van der Waals surface area (Å²) >= 11 is 1.47. The van der Waals surface area contributed by atoms with E-state index in [0.29, 0.717) is 35.6 Å². The molecule has 1 aliphatic carbocycles. The van der Waals surface area contributed by atoms with Crippen LogP contribution in [0.4, 0.5) is 0 Å². The number of aliphatic carboxylic acids is 1. The highest BCUT2D eigenvalue weighted by Gasteiger charge is 2.61. The smallest absolute Gasteiger partial charge is 0.330 e. The van der Waals surface area contributed by atoms with Crippen molar-refractivity contribution in [3.8, 4) is 22.9 Å². The summed E-state index contributed by atoms with van der Waals surface area (Å²) in [5.74, 6) is -0.641. The SMILES string of the molecule is COc1ccc2c(OC3CC4C(=O)NC5(C(=O)O)CC5C=CCCCCCCC(=O)N4C3)cc(-c3cscn3)nc2c1. The molecule has 6 rings (SSSR count). The lowest BCUT2D eigenvalue weighted by molar-refractivity contribution is -0.145. The maximum Gasteiger partial charge on any atom is 0.330 e. The van der Waals surface area contributed by atoms with Crippen molar-refractivity contribution in [2.75, 3.05) is 13.7 Å². The summed E-state index contributed by atoms with van der Waals surface area (Å²) in [6.07, 6.45) is 8.92. The Balaban J connectivity index is 1.29. The molecule has 2 N–H and O–H groups in total. The number of allylic oxidation sites excluding steroid dienone is 1. The molecule has 2 amide bonds. The van der Waals surface area contributed by atoms with E-state index in [1.165, 1.54) is 11.3 Å². The molecule has 0 spiro atoms. The molecule has 1 saturated heterocycles. The van der Waals surface area contributed by atoms with Crippen molar-refractivity contribution in [3.05, 3.63) is 47.3 Å². The molecule has 42 heavy (non-hydrogen) atoms. The van der Waals surface area contributed by atoms with Gasteiger partial charge in [0.2, 0.25) is 11.8 Å². The van der Waals surface area contributed by atoms with Crippen molar-refractivity contribution in [1.82, 2.24) is 20.2 Å². The Morgan fingerprint density at radius 1 is 1.17 bits per heavy atom. The number of carbonyl (C=O) groups is 3. The number of benzene rings is 1. The highest BCUT2D eigenvalue weighted by molar-refractivity contribution is 7.07. The third-order valence-electron chi connectivity index (χ3n) is 8.48. The molecule has 4 unspecified atom stereocenters. The second-order valence-corrected chi connectivity index (χ2v) is 12.0. The van der Waals surface area contributed by atoms with Crippen molar-refractivity contribution < 1.29 is 29.0 Å². The van der Waals surface area contributed by atoms with Crippen LogP contribution in [0.2, 0.25) is 0 Å². The molecule has 1 saturated carbocycles. The lowest BCUT2D eigenvalue weighted by Crippen LogP contribution is -2.53. The molecule has 3 aliphatic rings. The van der Waals surface area contributed by atoms with Crippen LogP contribution in [-0.4, -0.2) is 69.1 Å². The quantitative estimate of drug-likeness (QED) is 0.413. The van der Waals surface area contributed by atoms with E-state index in [0.717, 1.165) is 43.2 Å². The average molecular weight is 591 g/mol. The summed E-state index contributed by atoms with van der Waals surface area (Å²) in [6.45, 7) is 0.229. The summed E-state index contributed by atoms with van der Waals surface area (Å²) in [5, 5.41) is 15.5. The molecule has 10 nitrogen and oxygen atoms in total. The molecular weight excluding hydrogens is 556 g/mol. The van der Waals surface area contributed by atoms with Gasteiger partial charge in [-0.3, -0.25) is 9.59 Å². The molecular formula is C31H34N4O6S. The summed E-state index contributed by atoms with van der Waals surface area (Å²) < 4.78 is 11.9. The van der Waals surface area contributed by atoms with E-state index in [1.54, 1.807) is 17.5 Å². The first-order chi connectivity index (χ1) is 20.4. The van der Waals surface area contributed by atoms with Gasteiger partial charge < -0.3 is 24.8 Å². The molecule has 2 fully saturated rings. The standard InChI is InChI=1S/C31H34N4O6S/c1-40-20-10-11-22-23(12-20)33-24(25-17-42-18-32-25)14-27(22)41-21-13-26-29(37)34-31(30(38)39)15-19(31)8-6-4-2-3-5-7-9-28(36)35(26)16-21/h6,8,10-12,14,17-19,21,26H,2-5,7,9,13,15-16H2,1H3,(H,34,37)(H,38,39). The first-order valence-electron chi connectivity index (χ1n) is 14.4. The van der Waals surface area contributed by atoms with Crippen LogP contribution < -0.4 is 14.8 Å². The first-order valence-corrected chi connectivity index (χ1v) is 15.4. The van der Waals surface area contributed by atoms with Crippen LogP contribution >= 0.6 is 11.3 Å². The molecule has 4 heterocycles. The van der Waals surface area contributed by atoms with Crippen molar-refractivity contribution in [1.29, 1.82) is 0 Å². The molecule has 11 heteroatoms. The van der Waals surface area contributed by atoms with Crippen LogP contribution in [0, 0.1) is 5.92 Å². The molecule has 4 atom stereocenters. The Bertz CT molecular complexity index is 1530. The fourth-order valence-corrected chi connectivity index (χ4v) is 6.57. The second-order valence-electron chi connectivity index (χ2n) is 11.3. The zero-order valence-corrected chi connectivity index (χ0v) is 24.3. The van der Waals surface area contributed by atoms with E-state index in [4.69, 9.17) is 14.5 Å². The molecule has 2 aliphatic heterocycles. The molecule has 220 valence electrons. The van der Waals surface area contributed by atoms with E-state index in [1.807, 2.05) is 41.8 Å². The van der Waals surface area contributed by atoms with Gasteiger partial charge in [0.15, 0.2) is 0 Å². The number of nitrogens with one attached hydrogen (secondary N) is 1. The number of hydrogen-bond donors (Lipinski definition) is 2. The highest BCUT2D eigenvalue weighted by Crippen LogP contribution is 2.45. The molecule has 2 aromatic heterocycles. The number of amides is 2. The van der Waals surface area contributed by atoms with E-state index in [-0.39, 0.29) is 24.8 Å². The number of thiazole rings is 1. The predicted molar refractivity (Wildman–Crippen MR) is 157 cm³/mol. The largest absolute Gasteiger partial charge is 0.497 e. The van der Waals surface area contributed by atoms with Gasteiger partial charge in [-0.05, 0) is 37.8 Å². The fourth-order valence-electron chi connectivity index (χ4n) is 6.02. The van der Waals surface area contributed by atoms with Crippen molar-refractivity contribution in [2.45, 2.75) is 69.1 Å². The number of methoxy groups -OCH3 is 1. The molecule has 0 radical (unpaired) electrons. The van der Waals surface area contributed by atoms with E-state index in [2.05, 4.69) is 10.3 Å². The minimum atomic E-state index is -1.33. The number of fused-ring (bicyclic) bond motifs is 3. The maximum absolute atomic E-state index is 13.6. The maximum atomic E-state index is 13.6. The van der Waals surface area contributed by atoms with Gasteiger partial charge in [-0.1, -0.05) is 25.0 Å². The van der Waals surface area contributed by atoms with Crippen LogP contribution in [0.5, 0.6) is 11.5 Å². The molecule has 3 aromatic rings. The van der Waals surface area contributed by atoms with Gasteiger partial charge in [-0.15, -0.1) is 11.3 Å². The van der Waals surface area contributed by atoms with Crippen LogP contribution in [0.3, 0.4) is 0 Å². The number of aromatic nitrogens is 2. The Hall–Kier alpha value is -3.99. The number of hydrogen-bond acceptors (Lipinski definition) is 8. The Morgan fingerprint density at radius 3 is 2.81 bits per heavy atom. The zero-order chi connectivity index (χ0) is 29.3. The van der Waals surface area contributed by atoms with Gasteiger partial charge in [0.25, 0.3) is 0 Å². The van der Waals surface area contributed by atoms with Crippen molar-refractivity contribution >= 4 is 40.0 Å². The first kappa shape index (κ1) is 28.1. The van der Waals surface area contributed by atoms with Gasteiger partial charge in [-0.2, -0.15) is 0 Å². The Kier molecular flexibility index (Phi) is 7.85. The van der Waals surface area contributed by atoms with Crippen LogP contribution in [-0.2, 0) is 14.4 Å². The van der Waals surface area contributed by atoms with E-state index < -0.39 is 29.6 Å². The number of pyridine rings is 1. The van der Waals surface area contributed by atoms with Gasteiger partial charge in [0.1, 0.15) is 29.2 Å². The van der Waals surface area contributed by atoms with Gasteiger partial charge in [-0.25, -0.2) is 14.8 Å². The number of carboxylic acid groups (broad SMARTS) is 1. The minimum absolute atomic E-state index is 0.113. The van der Waals surface area contributed by atoms with Crippen molar-refractivity contribution in [2.24, 2.45) is 5.92 Å². The number of nitrogens with zero attached hydrogens (tertiary/aromatic N) is 3. The topological polar surface area (TPSA) is 131 Å². The summed E-state index contributed by atoms with van der Waals surface area (Å²) in [4.78, 5) is 50.0. The van der Waals surface area contributed by atoms with Gasteiger partial charge in [0.05, 0.1) is 36.1 Å². The predicted octanol–water partition coefficient (Wildman–Crippen LogP) is 4.59. The third-order valence-corrected chi connectivity index (χ3v) is 9.06. The van der Waals surface area contributed by atoms with Crippen LogP contribution in [0.15, 0.2) is 47.3 Å². The molecule has 0 bridgehead atoms. The number of rotatable bonds is 5. The minimum Gasteiger partial charge on any atom is -0.497 e. The Labute approximate surface area is 247 Å². The fraction of sp³-hybridized carbons (Fsp3) is 0.452. The van der Waals surface area contributed by atoms with Crippen LogP contribution in [0.25, 0.3) is 22.3 Å². The summed E-state index contributed by atoms with van der Waals surface area (Å²) in [7, 11) is 1.60. The van der Waals surface area contributed by atoms with Gasteiger partial charge >= 0.3 is 5.97 Å². The number of carboxylic acids is 1. The third kappa shape index (κ3) is 5.57. The molecule has 1 aromatic carbocycles. The summed E-state index contributed by atoms with van der Waals surface area (Å²) in [5.41, 5.74) is 2.45. The lowest BCUT2D eigenvalue weighted by atomic mass is 10.1. The van der Waals surface area contributed by atoms with E-state index in [9.17, 15) is 19.5 Å². The average Bonchev–Trinajstić information content (AvgIpc) is 3.31. The number of carbonyl (C=O) groups excluding carboxylic acids is 2. The Morgan fingerprint density at radius 2 is 2.02 bits per heavy atom. The highest BCUT2D eigenvalue weighted by atomic mass is 32.1. The van der Waals surface area contributed by atoms with E-state index >= 15 is 0 Å². The number of ether oxygens (including phenoxy) is 2. The monoisotopic (exact) mass is 590 g/mol. The van der Waals surface area contributed by atoms with Gasteiger partial charge in [0, 0.05) is 41.7 Å². The van der Waals surface area contributed by atoms with Crippen molar-refractivity contribution in [3.63, 3.8) is 0 Å². The second kappa shape index (κ2) is 11.7.